The van der Waals surface area contributed by atoms with Crippen LogP contribution in [0.1, 0.15) is 12.8 Å². The Kier molecular flexibility index (Phi) is 1.68. The lowest BCUT2D eigenvalue weighted by molar-refractivity contribution is 0.695. The van der Waals surface area contributed by atoms with Crippen molar-refractivity contribution in [3.05, 3.63) is 0 Å². The quantitative estimate of drug-likeness (QED) is 0.512. The highest BCUT2D eigenvalue weighted by Gasteiger charge is 2.19. The fourth-order valence-electron chi connectivity index (χ4n) is 0.467. The normalized spacial score (nSPS) is 21.1. The molecule has 0 aromatic carbocycles. The highest BCUT2D eigenvalue weighted by molar-refractivity contribution is 7.54. The molecule has 1 aliphatic carbocycles. The van der Waals surface area contributed by atoms with Gasteiger partial charge in [0.2, 0.25) is 0 Å². The predicted octanol–water partition coefficient (Wildman–Crippen LogP) is 0.258. The zero-order valence-corrected chi connectivity index (χ0v) is 5.05. The minimum Gasteiger partial charge on any atom is -0.256 e. The van der Waals surface area contributed by atoms with Crippen LogP contribution in [0.3, 0.4) is 0 Å². The summed E-state index contributed by atoms with van der Waals surface area (Å²) in [6.07, 6.45) is 2.60. The van der Waals surface area contributed by atoms with Gasteiger partial charge in [0.05, 0.1) is 6.54 Å². The van der Waals surface area contributed by atoms with Crippen LogP contribution in [0.5, 0.6) is 0 Å². The molecule has 1 rings (SSSR count). The molecule has 0 N–H and O–H groups in total. The zero-order valence-electron chi connectivity index (χ0n) is 4.05. The van der Waals surface area contributed by atoms with E-state index in [-0.39, 0.29) is 0 Å². The van der Waals surface area contributed by atoms with Gasteiger partial charge >= 0.3 is 0 Å². The predicted molar refractivity (Wildman–Crippen MR) is 31.0 cm³/mol. The third kappa shape index (κ3) is 1.92. The third-order valence-corrected chi connectivity index (χ3v) is 1.42. The van der Waals surface area contributed by atoms with Crippen molar-refractivity contribution in [2.24, 2.45) is 10.3 Å². The van der Waals surface area contributed by atoms with E-state index in [0.717, 1.165) is 12.5 Å². The molecule has 0 saturated heterocycles. The van der Waals surface area contributed by atoms with Gasteiger partial charge in [-0.2, -0.15) is 0 Å². The largest absolute Gasteiger partial charge is 0.256 e. The van der Waals surface area contributed by atoms with Gasteiger partial charge in [-0.1, -0.05) is 0 Å². The molecule has 42 valence electrons. The lowest BCUT2D eigenvalue weighted by Crippen LogP contribution is -1.76. The second-order valence-corrected chi connectivity index (χ2v) is 2.37. The summed E-state index contributed by atoms with van der Waals surface area (Å²) < 4.78 is 13.4. The molecule has 7 heavy (non-hydrogen) atoms. The lowest BCUT2D eigenvalue weighted by Gasteiger charge is -1.77. The molecular weight excluding hydrogens is 110 g/mol. The molecule has 0 aromatic rings. The number of hydrogen-bond donors (Lipinski definition) is 0. The highest BCUT2D eigenvalue weighted by Crippen LogP contribution is 2.28. The minimum atomic E-state index is -0.434. The van der Waals surface area contributed by atoms with Gasteiger partial charge < -0.3 is 0 Å². The van der Waals surface area contributed by atoms with Gasteiger partial charge in [-0.05, 0) is 18.8 Å². The van der Waals surface area contributed by atoms with Crippen LogP contribution in [0.2, 0.25) is 0 Å². The third-order valence-electron chi connectivity index (χ3n) is 1.11. The second kappa shape index (κ2) is 2.31. The van der Waals surface area contributed by atoms with Gasteiger partial charge in [0, 0.05) is 11.5 Å². The Labute approximate surface area is 46.2 Å². The highest BCUT2D eigenvalue weighted by atomic mass is 32.1. The van der Waals surface area contributed by atoms with Crippen LogP contribution in [0.4, 0.5) is 0 Å². The van der Waals surface area contributed by atoms with E-state index in [1.54, 1.807) is 0 Å². The average molecular weight is 119 g/mol. The van der Waals surface area contributed by atoms with Crippen molar-refractivity contribution < 1.29 is 4.21 Å². The average Bonchev–Trinajstić information content (AvgIpc) is 2.42. The number of nitrogens with zero attached hydrogens (tertiary/aromatic N) is 1. The minimum absolute atomic E-state index is 0.434. The number of hydrogen-bond acceptors (Lipinski definition) is 2. The Hall–Kier alpha value is -0.0500. The van der Waals surface area contributed by atoms with Crippen molar-refractivity contribution in [2.75, 3.05) is 6.54 Å². The molecule has 0 unspecified atom stereocenters. The van der Waals surface area contributed by atoms with Gasteiger partial charge in [-0.25, -0.2) is 4.36 Å². The van der Waals surface area contributed by atoms with Gasteiger partial charge in [0.15, 0.2) is 0 Å². The van der Waals surface area contributed by atoms with Crippen molar-refractivity contribution in [1.29, 1.82) is 0 Å². The molecule has 0 spiro atoms. The molecule has 0 amide bonds. The van der Waals surface area contributed by atoms with Gasteiger partial charge in [0.1, 0.15) is 0 Å². The van der Waals surface area contributed by atoms with E-state index < -0.39 is 11.5 Å². The smallest absolute Gasteiger partial charge is 0.0507 e. The molecule has 0 atom stereocenters. The van der Waals surface area contributed by atoms with Crippen molar-refractivity contribution in [2.45, 2.75) is 12.8 Å². The van der Waals surface area contributed by atoms with Crippen molar-refractivity contribution >= 4 is 11.5 Å². The molecular formula is C4H9NOS. The fraction of sp³-hybridized carbons (Fsp3) is 1.00. The fourth-order valence-corrected chi connectivity index (χ4v) is 0.800. The van der Waals surface area contributed by atoms with E-state index in [0.29, 0.717) is 0 Å². The maximum atomic E-state index is 9.72. The van der Waals surface area contributed by atoms with Crippen LogP contribution in [0, 0.1) is 5.92 Å². The first-order valence-corrected chi connectivity index (χ1v) is 3.32. The maximum absolute atomic E-state index is 9.72. The molecule has 3 heteroatoms. The topological polar surface area (TPSA) is 29.4 Å². The molecule has 0 bridgehead atoms. The van der Waals surface area contributed by atoms with Gasteiger partial charge in [-0.3, -0.25) is 4.21 Å². The lowest BCUT2D eigenvalue weighted by atomic mass is 10.4. The Morgan fingerprint density at radius 2 is 2.43 bits per heavy atom. The first kappa shape index (κ1) is 5.09. The first-order valence-electron chi connectivity index (χ1n) is 2.47. The van der Waals surface area contributed by atoms with Crippen LogP contribution >= 0.6 is 0 Å². The van der Waals surface area contributed by atoms with Crippen LogP contribution in [0.25, 0.3) is 0 Å². The Balaban J connectivity index is 2.09. The summed E-state index contributed by atoms with van der Waals surface area (Å²) in [5, 5.41) is 0. The summed E-state index contributed by atoms with van der Waals surface area (Å²) in [5.74, 6) is 0.793. The van der Waals surface area contributed by atoms with Crippen LogP contribution in [-0.2, 0) is 11.5 Å². The summed E-state index contributed by atoms with van der Waals surface area (Å²) in [6, 6.07) is 0. The van der Waals surface area contributed by atoms with E-state index in [9.17, 15) is 4.21 Å². The van der Waals surface area contributed by atoms with Crippen molar-refractivity contribution in [1.82, 2.24) is 0 Å². The Morgan fingerprint density at radius 1 is 1.71 bits per heavy atom. The standard InChI is InChI=1S/C4H9NOS/c6-7-5-3-4-1-2-4/h4H,1-3,7H2. The summed E-state index contributed by atoms with van der Waals surface area (Å²) >= 11 is -0.434. The molecule has 0 aliphatic heterocycles. The van der Waals surface area contributed by atoms with Crippen molar-refractivity contribution in [3.8, 4) is 0 Å². The zero-order chi connectivity index (χ0) is 5.11. The van der Waals surface area contributed by atoms with Crippen LogP contribution in [-0.4, -0.2) is 10.8 Å². The van der Waals surface area contributed by atoms with E-state index in [1.165, 1.54) is 12.8 Å². The van der Waals surface area contributed by atoms with Crippen LogP contribution in [0.15, 0.2) is 4.36 Å². The summed E-state index contributed by atoms with van der Waals surface area (Å²) in [6.45, 7) is 0.835. The summed E-state index contributed by atoms with van der Waals surface area (Å²) in [7, 11) is 0. The molecule has 1 saturated carbocycles. The molecule has 0 radical (unpaired) electrons. The van der Waals surface area contributed by atoms with E-state index in [4.69, 9.17) is 0 Å². The molecule has 2 nitrogen and oxygen atoms in total. The monoisotopic (exact) mass is 119 g/mol. The SMILES string of the molecule is O=[SH2]=NCC1CC1. The van der Waals surface area contributed by atoms with Gasteiger partial charge in [0.25, 0.3) is 0 Å². The van der Waals surface area contributed by atoms with Gasteiger partial charge in [-0.15, -0.1) is 0 Å². The van der Waals surface area contributed by atoms with E-state index in [2.05, 4.69) is 4.36 Å². The van der Waals surface area contributed by atoms with Crippen molar-refractivity contribution in [3.63, 3.8) is 0 Å². The summed E-state index contributed by atoms with van der Waals surface area (Å²) in [4.78, 5) is 0. The van der Waals surface area contributed by atoms with E-state index >= 15 is 0 Å². The second-order valence-electron chi connectivity index (χ2n) is 1.88. The summed E-state index contributed by atoms with van der Waals surface area (Å²) in [5.41, 5.74) is 0. The first-order chi connectivity index (χ1) is 3.43. The Morgan fingerprint density at radius 3 is 2.86 bits per heavy atom. The van der Waals surface area contributed by atoms with Crippen LogP contribution < -0.4 is 0 Å². The maximum Gasteiger partial charge on any atom is 0.0507 e. The Bertz CT molecular complexity index is 104. The molecule has 1 fully saturated rings. The van der Waals surface area contributed by atoms with E-state index in [1.807, 2.05) is 0 Å². The molecule has 0 heterocycles. The number of rotatable bonds is 2. The molecule has 0 aromatic heterocycles. The molecule has 1 aliphatic rings.